The van der Waals surface area contributed by atoms with Crippen molar-refractivity contribution >= 4 is 11.6 Å². The Morgan fingerprint density at radius 1 is 1.33 bits per heavy atom. The molecule has 0 unspecified atom stereocenters. The van der Waals surface area contributed by atoms with Crippen LogP contribution in [0.4, 0.5) is 0 Å². The molecule has 1 saturated heterocycles. The number of ether oxygens (including phenoxy) is 1. The van der Waals surface area contributed by atoms with Crippen molar-refractivity contribution in [1.82, 2.24) is 4.90 Å². The summed E-state index contributed by atoms with van der Waals surface area (Å²) in [5.41, 5.74) is 1.34. The molecular weight excluding hydrogens is 210 g/mol. The Hall–Kier alpha value is -0.570. The van der Waals surface area contributed by atoms with E-state index >= 15 is 0 Å². The molecule has 1 heterocycles. The minimum absolute atomic E-state index is 0.362. The molecule has 1 atom stereocenters. The fourth-order valence-corrected chi connectivity index (χ4v) is 2.14. The second kappa shape index (κ2) is 5.50. The van der Waals surface area contributed by atoms with Crippen LogP contribution in [0.25, 0.3) is 0 Å². The Balaban J connectivity index is 1.97. The Bertz CT molecular complexity index is 291. The van der Waals surface area contributed by atoms with Gasteiger partial charge in [0.05, 0.1) is 13.2 Å². The highest BCUT2D eigenvalue weighted by Crippen LogP contribution is 2.13. The van der Waals surface area contributed by atoms with Crippen molar-refractivity contribution in [3.63, 3.8) is 0 Å². The molecule has 82 valence electrons. The van der Waals surface area contributed by atoms with E-state index in [0.29, 0.717) is 11.9 Å². The van der Waals surface area contributed by atoms with Crippen LogP contribution in [0.15, 0.2) is 30.3 Å². The number of benzene rings is 1. The van der Waals surface area contributed by atoms with E-state index in [-0.39, 0.29) is 0 Å². The second-order valence-electron chi connectivity index (χ2n) is 3.84. The second-order valence-corrected chi connectivity index (χ2v) is 4.15. The summed E-state index contributed by atoms with van der Waals surface area (Å²) in [6, 6.07) is 10.9. The van der Waals surface area contributed by atoms with Crippen LogP contribution < -0.4 is 0 Å². The average molecular weight is 226 g/mol. The predicted octanol–water partition coefficient (Wildman–Crippen LogP) is 2.13. The maximum Gasteiger partial charge on any atom is 0.0634 e. The zero-order valence-corrected chi connectivity index (χ0v) is 9.49. The first-order valence-electron chi connectivity index (χ1n) is 5.32. The van der Waals surface area contributed by atoms with E-state index in [9.17, 15) is 0 Å². The highest BCUT2D eigenvalue weighted by atomic mass is 35.5. The molecule has 1 aromatic carbocycles. The van der Waals surface area contributed by atoms with E-state index in [1.807, 2.05) is 6.07 Å². The third-order valence-corrected chi connectivity index (χ3v) is 3.11. The fraction of sp³-hybridized carbons (Fsp3) is 0.500. The van der Waals surface area contributed by atoms with Crippen molar-refractivity contribution < 1.29 is 4.74 Å². The molecule has 1 aliphatic rings. The molecule has 3 heteroatoms. The number of hydrogen-bond donors (Lipinski definition) is 0. The SMILES string of the molecule is ClC[C@@H]1COCCN1Cc1ccccc1. The molecule has 0 aromatic heterocycles. The summed E-state index contributed by atoms with van der Waals surface area (Å²) in [4.78, 5) is 2.39. The number of rotatable bonds is 3. The lowest BCUT2D eigenvalue weighted by Crippen LogP contribution is -2.45. The Labute approximate surface area is 95.8 Å². The maximum atomic E-state index is 5.92. The topological polar surface area (TPSA) is 12.5 Å². The molecule has 0 N–H and O–H groups in total. The molecule has 1 fully saturated rings. The predicted molar refractivity (Wildman–Crippen MR) is 62.2 cm³/mol. The monoisotopic (exact) mass is 225 g/mol. The van der Waals surface area contributed by atoms with Gasteiger partial charge in [-0.2, -0.15) is 0 Å². The van der Waals surface area contributed by atoms with Gasteiger partial charge in [0, 0.05) is 25.0 Å². The largest absolute Gasteiger partial charge is 0.378 e. The van der Waals surface area contributed by atoms with Crippen LogP contribution >= 0.6 is 11.6 Å². The third-order valence-electron chi connectivity index (χ3n) is 2.76. The van der Waals surface area contributed by atoms with Gasteiger partial charge in [0.1, 0.15) is 0 Å². The number of hydrogen-bond acceptors (Lipinski definition) is 2. The van der Waals surface area contributed by atoms with Gasteiger partial charge in [0.15, 0.2) is 0 Å². The van der Waals surface area contributed by atoms with Gasteiger partial charge in [-0.1, -0.05) is 30.3 Å². The van der Waals surface area contributed by atoms with Gasteiger partial charge < -0.3 is 4.74 Å². The van der Waals surface area contributed by atoms with Crippen molar-refractivity contribution in [1.29, 1.82) is 0 Å². The Kier molecular flexibility index (Phi) is 4.01. The molecule has 0 aliphatic carbocycles. The van der Waals surface area contributed by atoms with Crippen LogP contribution in [0.3, 0.4) is 0 Å². The van der Waals surface area contributed by atoms with Gasteiger partial charge in [0.2, 0.25) is 0 Å². The van der Waals surface area contributed by atoms with E-state index < -0.39 is 0 Å². The number of halogens is 1. The zero-order chi connectivity index (χ0) is 10.5. The first-order chi connectivity index (χ1) is 7.40. The van der Waals surface area contributed by atoms with E-state index in [4.69, 9.17) is 16.3 Å². The minimum Gasteiger partial charge on any atom is -0.378 e. The van der Waals surface area contributed by atoms with Crippen LogP contribution in [-0.2, 0) is 11.3 Å². The third kappa shape index (κ3) is 2.94. The summed E-state index contributed by atoms with van der Waals surface area (Å²) >= 11 is 5.92. The minimum atomic E-state index is 0.362. The van der Waals surface area contributed by atoms with Gasteiger partial charge in [-0.15, -0.1) is 11.6 Å². The molecule has 0 radical (unpaired) electrons. The molecule has 0 saturated carbocycles. The van der Waals surface area contributed by atoms with E-state index in [1.54, 1.807) is 0 Å². The van der Waals surface area contributed by atoms with Gasteiger partial charge in [-0.05, 0) is 5.56 Å². The molecule has 15 heavy (non-hydrogen) atoms. The van der Waals surface area contributed by atoms with Crippen molar-refractivity contribution in [2.75, 3.05) is 25.6 Å². The van der Waals surface area contributed by atoms with Crippen LogP contribution in [-0.4, -0.2) is 36.6 Å². The van der Waals surface area contributed by atoms with E-state index in [0.717, 1.165) is 26.3 Å². The molecular formula is C12H16ClNO. The molecule has 2 rings (SSSR count). The molecule has 0 amide bonds. The normalized spacial score (nSPS) is 22.9. The number of morpholine rings is 1. The van der Waals surface area contributed by atoms with Crippen LogP contribution in [0.5, 0.6) is 0 Å². The van der Waals surface area contributed by atoms with Gasteiger partial charge >= 0.3 is 0 Å². The lowest BCUT2D eigenvalue weighted by Gasteiger charge is -2.34. The number of nitrogens with zero attached hydrogens (tertiary/aromatic N) is 1. The first-order valence-corrected chi connectivity index (χ1v) is 5.85. The van der Waals surface area contributed by atoms with E-state index in [1.165, 1.54) is 5.56 Å². The average Bonchev–Trinajstić information content (AvgIpc) is 2.31. The lowest BCUT2D eigenvalue weighted by atomic mass is 10.1. The zero-order valence-electron chi connectivity index (χ0n) is 8.73. The summed E-state index contributed by atoms with van der Waals surface area (Å²) in [6.07, 6.45) is 0. The van der Waals surface area contributed by atoms with Crippen molar-refractivity contribution in [2.45, 2.75) is 12.6 Å². The highest BCUT2D eigenvalue weighted by Gasteiger charge is 2.21. The summed E-state index contributed by atoms with van der Waals surface area (Å²) < 4.78 is 5.41. The molecule has 1 aromatic rings. The van der Waals surface area contributed by atoms with Crippen LogP contribution in [0, 0.1) is 0 Å². The fourth-order valence-electron chi connectivity index (χ4n) is 1.86. The Morgan fingerprint density at radius 2 is 2.13 bits per heavy atom. The summed E-state index contributed by atoms with van der Waals surface area (Å²) in [6.45, 7) is 3.53. The lowest BCUT2D eigenvalue weighted by molar-refractivity contribution is -0.00303. The molecule has 0 bridgehead atoms. The van der Waals surface area contributed by atoms with Crippen LogP contribution in [0.1, 0.15) is 5.56 Å². The highest BCUT2D eigenvalue weighted by molar-refractivity contribution is 6.18. The molecule has 2 nitrogen and oxygen atoms in total. The summed E-state index contributed by atoms with van der Waals surface area (Å²) in [5, 5.41) is 0. The van der Waals surface area contributed by atoms with Gasteiger partial charge in [0.25, 0.3) is 0 Å². The van der Waals surface area contributed by atoms with E-state index in [2.05, 4.69) is 29.2 Å². The Morgan fingerprint density at radius 3 is 2.87 bits per heavy atom. The molecule has 1 aliphatic heterocycles. The van der Waals surface area contributed by atoms with Crippen LogP contribution in [0.2, 0.25) is 0 Å². The molecule has 0 spiro atoms. The van der Waals surface area contributed by atoms with Crippen molar-refractivity contribution in [3.05, 3.63) is 35.9 Å². The summed E-state index contributed by atoms with van der Waals surface area (Å²) in [7, 11) is 0. The number of alkyl halides is 1. The van der Waals surface area contributed by atoms with Crippen molar-refractivity contribution in [3.8, 4) is 0 Å². The van der Waals surface area contributed by atoms with Gasteiger partial charge in [-0.3, -0.25) is 4.90 Å². The quantitative estimate of drug-likeness (QED) is 0.731. The maximum absolute atomic E-state index is 5.92. The first kappa shape index (κ1) is 10.9. The van der Waals surface area contributed by atoms with Crippen molar-refractivity contribution in [2.24, 2.45) is 0 Å². The summed E-state index contributed by atoms with van der Waals surface area (Å²) in [5.74, 6) is 0.646. The smallest absolute Gasteiger partial charge is 0.0634 e. The standard InChI is InChI=1S/C12H16ClNO/c13-8-12-10-15-7-6-14(12)9-11-4-2-1-3-5-11/h1-5,12H,6-10H2/t12-/m1/s1. The van der Waals surface area contributed by atoms with Gasteiger partial charge in [-0.25, -0.2) is 0 Å².